The lowest BCUT2D eigenvalue weighted by Gasteiger charge is -2.22. The zero-order valence-electron chi connectivity index (χ0n) is 13.2. The van der Waals surface area contributed by atoms with Crippen LogP contribution in [0.5, 0.6) is 0 Å². The maximum Gasteiger partial charge on any atom is 0.267 e. The zero-order chi connectivity index (χ0) is 16.7. The predicted molar refractivity (Wildman–Crippen MR) is 92.6 cm³/mol. The van der Waals surface area contributed by atoms with Crippen LogP contribution in [0.1, 0.15) is 17.7 Å². The second-order valence-electron chi connectivity index (χ2n) is 5.89. The molecule has 0 unspecified atom stereocenters. The molecule has 3 aromatic heterocycles. The molecule has 3 aromatic rings. The van der Waals surface area contributed by atoms with Gasteiger partial charge < -0.3 is 10.0 Å². The van der Waals surface area contributed by atoms with Crippen LogP contribution in [0.2, 0.25) is 0 Å². The van der Waals surface area contributed by atoms with Gasteiger partial charge in [0, 0.05) is 30.0 Å². The Bertz CT molecular complexity index is 951. The van der Waals surface area contributed by atoms with Crippen LogP contribution in [0.25, 0.3) is 16.2 Å². The van der Waals surface area contributed by atoms with Gasteiger partial charge in [0.25, 0.3) is 5.56 Å². The summed E-state index contributed by atoms with van der Waals surface area (Å²) in [6.07, 6.45) is 6.95. The highest BCUT2D eigenvalue weighted by molar-refractivity contribution is 7.16. The molecule has 24 heavy (non-hydrogen) atoms. The number of aryl methyl sites for hydroxylation is 1. The van der Waals surface area contributed by atoms with Gasteiger partial charge in [-0.1, -0.05) is 0 Å². The number of anilines is 1. The summed E-state index contributed by atoms with van der Waals surface area (Å²) in [4.78, 5) is 29.7. The topological polar surface area (TPSA) is 83.6 Å². The van der Waals surface area contributed by atoms with Gasteiger partial charge in [-0.05, 0) is 25.8 Å². The van der Waals surface area contributed by atoms with Gasteiger partial charge in [0.05, 0.1) is 23.9 Å². The second kappa shape index (κ2) is 5.95. The monoisotopic (exact) mass is 343 g/mol. The van der Waals surface area contributed by atoms with E-state index in [1.807, 2.05) is 11.8 Å². The molecule has 0 saturated carbocycles. The number of nitrogens with zero attached hydrogens (tertiary/aromatic N) is 5. The molecule has 0 spiro atoms. The van der Waals surface area contributed by atoms with Gasteiger partial charge in [0.2, 0.25) is 5.95 Å². The number of aliphatic hydroxyl groups is 1. The van der Waals surface area contributed by atoms with Crippen molar-refractivity contribution in [2.45, 2.75) is 25.8 Å². The third kappa shape index (κ3) is 2.47. The Balaban J connectivity index is 1.79. The van der Waals surface area contributed by atoms with Crippen molar-refractivity contribution in [2.75, 3.05) is 18.1 Å². The van der Waals surface area contributed by atoms with Crippen molar-refractivity contribution in [3.05, 3.63) is 39.9 Å². The van der Waals surface area contributed by atoms with Crippen LogP contribution < -0.4 is 10.5 Å². The average Bonchev–Trinajstić information content (AvgIpc) is 3.21. The molecule has 0 radical (unpaired) electrons. The molecule has 0 bridgehead atoms. The minimum absolute atomic E-state index is 0.0430. The minimum Gasteiger partial charge on any atom is -0.394 e. The normalized spacial score (nSPS) is 17.8. The molecule has 0 aliphatic carbocycles. The fraction of sp³-hybridized carbons (Fsp3) is 0.375. The smallest absolute Gasteiger partial charge is 0.267 e. The van der Waals surface area contributed by atoms with Crippen molar-refractivity contribution in [1.82, 2.24) is 19.4 Å². The van der Waals surface area contributed by atoms with Crippen LogP contribution in [0.4, 0.5) is 5.95 Å². The minimum atomic E-state index is -0.130. The molecule has 124 valence electrons. The molecule has 0 aromatic carbocycles. The van der Waals surface area contributed by atoms with Crippen molar-refractivity contribution >= 4 is 22.2 Å². The fourth-order valence-electron chi connectivity index (χ4n) is 3.10. The molecular weight excluding hydrogens is 326 g/mol. The lowest BCUT2D eigenvalue weighted by Crippen LogP contribution is -2.33. The quantitative estimate of drug-likeness (QED) is 0.776. The molecule has 1 aliphatic rings. The number of thiazole rings is 1. The Labute approximate surface area is 142 Å². The number of hydrogen-bond donors (Lipinski definition) is 1. The summed E-state index contributed by atoms with van der Waals surface area (Å²) in [6.45, 7) is 2.84. The van der Waals surface area contributed by atoms with Crippen molar-refractivity contribution in [3.63, 3.8) is 0 Å². The zero-order valence-corrected chi connectivity index (χ0v) is 14.0. The summed E-state index contributed by atoms with van der Waals surface area (Å²) in [5.41, 5.74) is 0.877. The van der Waals surface area contributed by atoms with Gasteiger partial charge >= 0.3 is 0 Å². The van der Waals surface area contributed by atoms with Gasteiger partial charge in [-0.3, -0.25) is 9.20 Å². The number of aliphatic hydroxyl groups excluding tert-OH is 1. The van der Waals surface area contributed by atoms with Gasteiger partial charge in [0.1, 0.15) is 0 Å². The number of fused-ring (bicyclic) bond motifs is 1. The summed E-state index contributed by atoms with van der Waals surface area (Å²) < 4.78 is 1.56. The Kier molecular flexibility index (Phi) is 3.78. The molecule has 4 rings (SSSR count). The molecule has 8 heteroatoms. The third-order valence-electron chi connectivity index (χ3n) is 4.29. The van der Waals surface area contributed by atoms with Crippen molar-refractivity contribution in [2.24, 2.45) is 0 Å². The number of rotatable bonds is 3. The van der Waals surface area contributed by atoms with Gasteiger partial charge in [0.15, 0.2) is 4.96 Å². The van der Waals surface area contributed by atoms with E-state index in [1.54, 1.807) is 29.1 Å². The van der Waals surface area contributed by atoms with E-state index >= 15 is 0 Å². The second-order valence-corrected chi connectivity index (χ2v) is 7.10. The molecule has 1 N–H and O–H groups in total. The van der Waals surface area contributed by atoms with E-state index in [-0.39, 0.29) is 18.2 Å². The lowest BCUT2D eigenvalue weighted by molar-refractivity contribution is 0.265. The van der Waals surface area contributed by atoms with Gasteiger partial charge in [-0.25, -0.2) is 15.0 Å². The molecule has 7 nitrogen and oxygen atoms in total. The largest absolute Gasteiger partial charge is 0.394 e. The first-order valence-electron chi connectivity index (χ1n) is 7.86. The van der Waals surface area contributed by atoms with E-state index in [4.69, 9.17) is 0 Å². The number of aromatic nitrogens is 4. The van der Waals surface area contributed by atoms with Gasteiger partial charge in [-0.15, -0.1) is 11.3 Å². The van der Waals surface area contributed by atoms with Gasteiger partial charge in [-0.2, -0.15) is 0 Å². The summed E-state index contributed by atoms with van der Waals surface area (Å²) in [5.74, 6) is 0.551. The van der Waals surface area contributed by atoms with E-state index in [0.717, 1.165) is 24.3 Å². The Morgan fingerprint density at radius 1 is 1.42 bits per heavy atom. The molecule has 1 atom stereocenters. The van der Waals surface area contributed by atoms with Crippen LogP contribution in [0, 0.1) is 6.92 Å². The maximum atomic E-state index is 12.7. The first-order valence-corrected chi connectivity index (χ1v) is 8.68. The summed E-state index contributed by atoms with van der Waals surface area (Å²) in [5, 5.41) is 9.49. The Hall–Kier alpha value is -2.32. The van der Waals surface area contributed by atoms with Crippen LogP contribution in [0.15, 0.2) is 29.5 Å². The van der Waals surface area contributed by atoms with Crippen molar-refractivity contribution < 1.29 is 5.11 Å². The summed E-state index contributed by atoms with van der Waals surface area (Å²) >= 11 is 1.48. The average molecular weight is 343 g/mol. The fourth-order valence-corrected chi connectivity index (χ4v) is 3.88. The molecule has 1 fully saturated rings. The van der Waals surface area contributed by atoms with Crippen molar-refractivity contribution in [3.8, 4) is 11.3 Å². The molecular formula is C16H17N5O2S. The van der Waals surface area contributed by atoms with E-state index in [2.05, 4.69) is 15.0 Å². The van der Waals surface area contributed by atoms with E-state index in [1.165, 1.54) is 11.3 Å². The highest BCUT2D eigenvalue weighted by Gasteiger charge is 2.26. The van der Waals surface area contributed by atoms with Crippen LogP contribution in [0.3, 0.4) is 0 Å². The standard InChI is InChI=1S/C16H17N5O2S/c1-10-8-21-14(23)12(7-18-16(21)24-10)13-4-5-17-15(19-13)20-6-2-3-11(20)9-22/h4-5,7-8,11,22H,2-3,6,9H2,1H3/t11-/m1/s1. The molecule has 1 aliphatic heterocycles. The Morgan fingerprint density at radius 3 is 3.12 bits per heavy atom. The molecule has 0 amide bonds. The summed E-state index contributed by atoms with van der Waals surface area (Å²) in [7, 11) is 0. The van der Waals surface area contributed by atoms with E-state index in [9.17, 15) is 9.90 Å². The highest BCUT2D eigenvalue weighted by atomic mass is 32.1. The predicted octanol–water partition coefficient (Wildman–Crippen LogP) is 1.48. The summed E-state index contributed by atoms with van der Waals surface area (Å²) in [6, 6.07) is 1.76. The first-order chi connectivity index (χ1) is 11.7. The first kappa shape index (κ1) is 15.2. The molecule has 4 heterocycles. The van der Waals surface area contributed by atoms with E-state index in [0.29, 0.717) is 22.2 Å². The lowest BCUT2D eigenvalue weighted by atomic mass is 10.2. The number of hydrogen-bond acceptors (Lipinski definition) is 7. The van der Waals surface area contributed by atoms with Crippen LogP contribution in [-0.4, -0.2) is 43.7 Å². The maximum absolute atomic E-state index is 12.7. The van der Waals surface area contributed by atoms with E-state index < -0.39 is 0 Å². The Morgan fingerprint density at radius 2 is 2.29 bits per heavy atom. The highest BCUT2D eigenvalue weighted by Crippen LogP contribution is 2.24. The SMILES string of the molecule is Cc1cn2c(=O)c(-c3ccnc(N4CCC[C@@H]4CO)n3)cnc2s1. The van der Waals surface area contributed by atoms with Crippen LogP contribution >= 0.6 is 11.3 Å². The van der Waals surface area contributed by atoms with Crippen molar-refractivity contribution in [1.29, 1.82) is 0 Å². The van der Waals surface area contributed by atoms with Crippen LogP contribution in [-0.2, 0) is 0 Å². The molecule has 1 saturated heterocycles. The third-order valence-corrected chi connectivity index (χ3v) is 5.20.